The number of hydrogen-bond acceptors (Lipinski definition) is 7. The molecule has 0 radical (unpaired) electrons. The minimum atomic E-state index is -1.02. The summed E-state index contributed by atoms with van der Waals surface area (Å²) in [6.45, 7) is 0. The summed E-state index contributed by atoms with van der Waals surface area (Å²) in [5, 5.41) is 0. The topological polar surface area (TPSA) is 96.0 Å². The Labute approximate surface area is 102 Å². The Morgan fingerprint density at radius 3 is 1.83 bits per heavy atom. The molecule has 0 aromatic rings. The second-order valence-electron chi connectivity index (χ2n) is 3.15. The van der Waals surface area contributed by atoms with Crippen molar-refractivity contribution in [2.24, 2.45) is 0 Å². The van der Waals surface area contributed by atoms with Crippen molar-refractivity contribution in [2.75, 3.05) is 21.3 Å². The fraction of sp³-hybridized carbons (Fsp3) is 0.273. The van der Waals surface area contributed by atoms with Crippen molar-refractivity contribution in [3.8, 4) is 0 Å². The van der Waals surface area contributed by atoms with Crippen molar-refractivity contribution in [1.29, 1.82) is 0 Å². The van der Waals surface area contributed by atoms with Gasteiger partial charge in [0.25, 0.3) is 0 Å². The van der Waals surface area contributed by atoms with E-state index in [2.05, 4.69) is 14.2 Å². The summed E-state index contributed by atoms with van der Waals surface area (Å²) in [5.41, 5.74) is -1.28. The van der Waals surface area contributed by atoms with Crippen LogP contribution in [0.2, 0.25) is 0 Å². The van der Waals surface area contributed by atoms with E-state index in [1.807, 2.05) is 0 Å². The Hall–Kier alpha value is -2.44. The van der Waals surface area contributed by atoms with Gasteiger partial charge in [-0.25, -0.2) is 14.4 Å². The van der Waals surface area contributed by atoms with Crippen LogP contribution in [0.5, 0.6) is 0 Å². The van der Waals surface area contributed by atoms with Gasteiger partial charge in [-0.05, 0) is 6.08 Å². The highest BCUT2D eigenvalue weighted by Crippen LogP contribution is 2.24. The number of methoxy groups -OCH3 is 3. The van der Waals surface area contributed by atoms with Gasteiger partial charge in [0.05, 0.1) is 26.9 Å². The first-order valence-electron chi connectivity index (χ1n) is 4.73. The third-order valence-electron chi connectivity index (χ3n) is 2.23. The molecule has 7 heteroatoms. The second kappa shape index (κ2) is 5.26. The van der Waals surface area contributed by atoms with Crippen molar-refractivity contribution in [2.45, 2.75) is 0 Å². The molecule has 1 aliphatic carbocycles. The Bertz CT molecular complexity index is 496. The van der Waals surface area contributed by atoms with Gasteiger partial charge in [-0.3, -0.25) is 4.79 Å². The molecular weight excluding hydrogens is 244 g/mol. The van der Waals surface area contributed by atoms with Gasteiger partial charge in [0.15, 0.2) is 0 Å². The fourth-order valence-corrected chi connectivity index (χ4v) is 1.38. The van der Waals surface area contributed by atoms with E-state index in [0.29, 0.717) is 0 Å². The Balaban J connectivity index is 3.29. The van der Waals surface area contributed by atoms with Crippen LogP contribution in [0, 0.1) is 0 Å². The molecule has 0 heterocycles. The normalized spacial score (nSPS) is 14.2. The lowest BCUT2D eigenvalue weighted by Gasteiger charge is -2.02. The highest BCUT2D eigenvalue weighted by Gasteiger charge is 2.38. The molecule has 0 amide bonds. The van der Waals surface area contributed by atoms with Crippen molar-refractivity contribution in [3.63, 3.8) is 0 Å². The molecule has 1 aliphatic rings. The first-order valence-corrected chi connectivity index (χ1v) is 4.73. The van der Waals surface area contributed by atoms with Crippen LogP contribution in [0.25, 0.3) is 0 Å². The molecule has 96 valence electrons. The van der Waals surface area contributed by atoms with Crippen LogP contribution in [-0.2, 0) is 33.4 Å². The van der Waals surface area contributed by atoms with E-state index in [1.165, 1.54) is 0 Å². The van der Waals surface area contributed by atoms with Gasteiger partial charge in [0.1, 0.15) is 11.1 Å². The largest absolute Gasteiger partial charge is 0.465 e. The SMILES string of the molecule is COC(=O)C1=CC(C(=O)OC)=C(C(=O)OC)C1=O. The molecule has 0 spiro atoms. The number of carbonyl (C=O) groups is 4. The summed E-state index contributed by atoms with van der Waals surface area (Å²) >= 11 is 0. The molecule has 0 bridgehead atoms. The van der Waals surface area contributed by atoms with Crippen molar-refractivity contribution < 1.29 is 33.4 Å². The number of Topliss-reactive ketones (excluding diaryl/α,β-unsaturated/α-hetero) is 1. The van der Waals surface area contributed by atoms with Gasteiger partial charge in [-0.1, -0.05) is 0 Å². The van der Waals surface area contributed by atoms with Gasteiger partial charge < -0.3 is 14.2 Å². The number of carbonyl (C=O) groups excluding carboxylic acids is 4. The predicted molar refractivity (Wildman–Crippen MR) is 56.2 cm³/mol. The lowest BCUT2D eigenvalue weighted by atomic mass is 10.1. The van der Waals surface area contributed by atoms with Gasteiger partial charge in [0, 0.05) is 0 Å². The van der Waals surface area contributed by atoms with E-state index in [4.69, 9.17) is 0 Å². The van der Waals surface area contributed by atoms with E-state index in [-0.39, 0.29) is 5.57 Å². The second-order valence-corrected chi connectivity index (χ2v) is 3.15. The summed E-state index contributed by atoms with van der Waals surface area (Å²) in [7, 11) is 3.21. The quantitative estimate of drug-likeness (QED) is 0.373. The molecule has 0 aromatic heterocycles. The van der Waals surface area contributed by atoms with Gasteiger partial charge in [-0.15, -0.1) is 0 Å². The molecule has 1 rings (SSSR count). The molecule has 0 unspecified atom stereocenters. The minimum Gasteiger partial charge on any atom is -0.465 e. The first-order chi connectivity index (χ1) is 8.47. The zero-order valence-electron chi connectivity index (χ0n) is 9.94. The molecule has 0 atom stereocenters. The number of ether oxygens (including phenoxy) is 3. The van der Waals surface area contributed by atoms with Gasteiger partial charge >= 0.3 is 17.9 Å². The van der Waals surface area contributed by atoms with E-state index >= 15 is 0 Å². The number of hydrogen-bond donors (Lipinski definition) is 0. The van der Waals surface area contributed by atoms with Crippen LogP contribution >= 0.6 is 0 Å². The summed E-state index contributed by atoms with van der Waals surface area (Å²) < 4.78 is 13.2. The molecule has 0 saturated heterocycles. The molecule has 7 nitrogen and oxygen atoms in total. The standard InChI is InChI=1S/C11H10O7/c1-16-9(13)5-4-6(10(14)17-2)8(12)7(5)11(15)18-3/h4H,1-3H3. The number of esters is 3. The fourth-order valence-electron chi connectivity index (χ4n) is 1.38. The maximum atomic E-state index is 11.8. The van der Waals surface area contributed by atoms with Crippen LogP contribution in [-0.4, -0.2) is 45.0 Å². The Morgan fingerprint density at radius 2 is 1.39 bits per heavy atom. The maximum absolute atomic E-state index is 11.8. The highest BCUT2D eigenvalue weighted by molar-refractivity contribution is 6.38. The first kappa shape index (κ1) is 13.6. The van der Waals surface area contributed by atoms with Gasteiger partial charge in [0.2, 0.25) is 5.78 Å². The molecule has 0 aromatic carbocycles. The lowest BCUT2D eigenvalue weighted by Crippen LogP contribution is -2.19. The number of rotatable bonds is 3. The highest BCUT2D eigenvalue weighted by atomic mass is 16.5. The predicted octanol–water partition coefficient (Wildman–Crippen LogP) is -0.689. The molecule has 0 aliphatic heterocycles. The molecule has 0 fully saturated rings. The van der Waals surface area contributed by atoms with Crippen LogP contribution in [0.4, 0.5) is 0 Å². The third kappa shape index (κ3) is 2.15. The van der Waals surface area contributed by atoms with E-state index < -0.39 is 34.8 Å². The summed E-state index contributed by atoms with van der Waals surface area (Å²) in [4.78, 5) is 45.9. The van der Waals surface area contributed by atoms with Crippen LogP contribution in [0.15, 0.2) is 22.8 Å². The summed E-state index contributed by atoms with van der Waals surface area (Å²) in [5.74, 6) is -3.80. The van der Waals surface area contributed by atoms with E-state index in [0.717, 1.165) is 27.4 Å². The Kier molecular flexibility index (Phi) is 3.98. The Morgan fingerprint density at radius 1 is 0.889 bits per heavy atom. The monoisotopic (exact) mass is 254 g/mol. The molecule has 18 heavy (non-hydrogen) atoms. The molecule has 0 saturated carbocycles. The molecular formula is C11H10O7. The zero-order valence-corrected chi connectivity index (χ0v) is 9.94. The summed E-state index contributed by atoms with van der Waals surface area (Å²) in [6.07, 6.45) is 0.951. The third-order valence-corrected chi connectivity index (χ3v) is 2.23. The van der Waals surface area contributed by atoms with Crippen LogP contribution in [0.3, 0.4) is 0 Å². The molecule has 0 N–H and O–H groups in total. The average molecular weight is 254 g/mol. The van der Waals surface area contributed by atoms with E-state index in [1.54, 1.807) is 0 Å². The lowest BCUT2D eigenvalue weighted by molar-refractivity contribution is -0.140. The minimum absolute atomic E-state index is 0.324. The smallest absolute Gasteiger partial charge is 0.342 e. The van der Waals surface area contributed by atoms with Gasteiger partial charge in [-0.2, -0.15) is 0 Å². The van der Waals surface area contributed by atoms with E-state index in [9.17, 15) is 19.2 Å². The van der Waals surface area contributed by atoms with Crippen LogP contribution < -0.4 is 0 Å². The average Bonchev–Trinajstić information content (AvgIpc) is 2.73. The van der Waals surface area contributed by atoms with Crippen molar-refractivity contribution in [1.82, 2.24) is 0 Å². The zero-order chi connectivity index (χ0) is 13.9. The van der Waals surface area contributed by atoms with Crippen LogP contribution in [0.1, 0.15) is 0 Å². The van der Waals surface area contributed by atoms with Crippen molar-refractivity contribution >= 4 is 23.7 Å². The number of ketones is 1. The van der Waals surface area contributed by atoms with Crippen molar-refractivity contribution in [3.05, 3.63) is 22.8 Å². The summed E-state index contributed by atoms with van der Waals surface area (Å²) in [6, 6.07) is 0. The maximum Gasteiger partial charge on any atom is 0.342 e.